The molecule has 0 radical (unpaired) electrons. The zero-order valence-corrected chi connectivity index (χ0v) is 15.4. The van der Waals surface area contributed by atoms with Gasteiger partial charge in [-0.15, -0.1) is 0 Å². The summed E-state index contributed by atoms with van der Waals surface area (Å²) in [6, 6.07) is 6.16. The minimum atomic E-state index is 0.258. The highest BCUT2D eigenvalue weighted by Crippen LogP contribution is 2.45. The van der Waals surface area contributed by atoms with Gasteiger partial charge < -0.3 is 9.64 Å². The van der Waals surface area contributed by atoms with Crippen molar-refractivity contribution in [1.29, 1.82) is 0 Å². The number of benzene rings is 1. The number of likely N-dealkylation sites (N-methyl/N-ethyl adjacent to an activating group) is 1. The van der Waals surface area contributed by atoms with E-state index < -0.39 is 0 Å². The molecule has 0 spiro atoms. The maximum atomic E-state index is 6.24. The van der Waals surface area contributed by atoms with Gasteiger partial charge in [0.15, 0.2) is 0 Å². The smallest absolute Gasteiger partial charge is 0.0595 e. The topological polar surface area (TPSA) is 15.7 Å². The van der Waals surface area contributed by atoms with Crippen LogP contribution in [0.3, 0.4) is 0 Å². The molecule has 1 aromatic rings. The highest BCUT2D eigenvalue weighted by Gasteiger charge is 2.39. The van der Waals surface area contributed by atoms with E-state index >= 15 is 0 Å². The highest BCUT2D eigenvalue weighted by molar-refractivity contribution is 6.42. The molecule has 128 valence electrons. The molecular formula is C18H26Cl2N2O. The van der Waals surface area contributed by atoms with Crippen LogP contribution in [0.5, 0.6) is 0 Å². The van der Waals surface area contributed by atoms with Gasteiger partial charge in [-0.25, -0.2) is 0 Å². The summed E-state index contributed by atoms with van der Waals surface area (Å²) in [6.07, 6.45) is 3.79. The molecule has 0 amide bonds. The van der Waals surface area contributed by atoms with Crippen molar-refractivity contribution in [2.45, 2.75) is 24.7 Å². The van der Waals surface area contributed by atoms with E-state index in [1.54, 1.807) is 0 Å². The monoisotopic (exact) mass is 356 g/mol. The number of halogens is 2. The lowest BCUT2D eigenvalue weighted by molar-refractivity contribution is 0.0324. The molecule has 2 aliphatic rings. The molecule has 0 atom stereocenters. The summed E-state index contributed by atoms with van der Waals surface area (Å²) in [6.45, 7) is 7.18. The van der Waals surface area contributed by atoms with E-state index in [-0.39, 0.29) is 5.41 Å². The SMILES string of the molecule is CN(CCN1CCOCC1)CC1(c2ccc(Cl)c(Cl)c2)CCC1. The second kappa shape index (κ2) is 7.71. The molecule has 1 aromatic carbocycles. The summed E-state index contributed by atoms with van der Waals surface area (Å²) in [5.41, 5.74) is 1.60. The molecule has 1 heterocycles. The van der Waals surface area contributed by atoms with Crippen molar-refractivity contribution in [2.24, 2.45) is 0 Å². The molecule has 3 nitrogen and oxygen atoms in total. The molecular weight excluding hydrogens is 331 g/mol. The summed E-state index contributed by atoms with van der Waals surface area (Å²) in [4.78, 5) is 4.96. The summed E-state index contributed by atoms with van der Waals surface area (Å²) in [5.74, 6) is 0. The van der Waals surface area contributed by atoms with Crippen molar-refractivity contribution in [3.8, 4) is 0 Å². The molecule has 2 fully saturated rings. The van der Waals surface area contributed by atoms with Crippen LogP contribution in [0.1, 0.15) is 24.8 Å². The minimum Gasteiger partial charge on any atom is -0.379 e. The van der Waals surface area contributed by atoms with Crippen molar-refractivity contribution in [1.82, 2.24) is 9.80 Å². The predicted molar refractivity (Wildman–Crippen MR) is 96.7 cm³/mol. The Bertz CT molecular complexity index is 528. The molecule has 23 heavy (non-hydrogen) atoms. The molecule has 1 saturated carbocycles. The Balaban J connectivity index is 1.58. The summed E-state index contributed by atoms with van der Waals surface area (Å²) < 4.78 is 5.41. The molecule has 1 aliphatic heterocycles. The zero-order chi connectivity index (χ0) is 16.3. The van der Waals surface area contributed by atoms with E-state index in [1.807, 2.05) is 6.07 Å². The van der Waals surface area contributed by atoms with Gasteiger partial charge in [0.25, 0.3) is 0 Å². The summed E-state index contributed by atoms with van der Waals surface area (Å²) in [7, 11) is 2.23. The summed E-state index contributed by atoms with van der Waals surface area (Å²) >= 11 is 12.3. The average molecular weight is 357 g/mol. The predicted octanol–water partition coefficient (Wildman–Crippen LogP) is 3.68. The first-order valence-corrected chi connectivity index (χ1v) is 9.29. The fraction of sp³-hybridized carbons (Fsp3) is 0.667. The van der Waals surface area contributed by atoms with Gasteiger partial charge >= 0.3 is 0 Å². The van der Waals surface area contributed by atoms with Gasteiger partial charge in [-0.2, -0.15) is 0 Å². The maximum Gasteiger partial charge on any atom is 0.0595 e. The maximum absolute atomic E-state index is 6.24. The lowest BCUT2D eigenvalue weighted by atomic mass is 9.64. The first-order valence-electron chi connectivity index (χ1n) is 8.53. The Morgan fingerprint density at radius 3 is 2.52 bits per heavy atom. The van der Waals surface area contributed by atoms with Crippen molar-refractivity contribution in [3.63, 3.8) is 0 Å². The number of rotatable bonds is 6. The lowest BCUT2D eigenvalue weighted by Gasteiger charge is -2.45. The summed E-state index contributed by atoms with van der Waals surface area (Å²) in [5, 5.41) is 1.32. The van der Waals surface area contributed by atoms with Crippen LogP contribution in [0.25, 0.3) is 0 Å². The molecule has 0 bridgehead atoms. The molecule has 1 aliphatic carbocycles. The highest BCUT2D eigenvalue weighted by atomic mass is 35.5. The van der Waals surface area contributed by atoms with Gasteiger partial charge in [0.05, 0.1) is 23.3 Å². The zero-order valence-electron chi connectivity index (χ0n) is 13.9. The van der Waals surface area contributed by atoms with Crippen molar-refractivity contribution in [3.05, 3.63) is 33.8 Å². The van der Waals surface area contributed by atoms with Crippen LogP contribution in [0.15, 0.2) is 18.2 Å². The van der Waals surface area contributed by atoms with Crippen LogP contribution in [0, 0.1) is 0 Å². The molecule has 0 N–H and O–H groups in total. The number of hydrogen-bond acceptors (Lipinski definition) is 3. The fourth-order valence-electron chi connectivity index (χ4n) is 3.70. The quantitative estimate of drug-likeness (QED) is 0.773. The molecule has 0 aromatic heterocycles. The number of hydrogen-bond donors (Lipinski definition) is 0. The van der Waals surface area contributed by atoms with Gasteiger partial charge in [0, 0.05) is 38.1 Å². The number of morpholine rings is 1. The Hall–Kier alpha value is -0.320. The van der Waals surface area contributed by atoms with E-state index in [0.29, 0.717) is 10.0 Å². The molecule has 3 rings (SSSR count). The minimum absolute atomic E-state index is 0.258. The van der Waals surface area contributed by atoms with Crippen molar-refractivity contribution in [2.75, 3.05) is 53.0 Å². The number of nitrogens with zero attached hydrogens (tertiary/aromatic N) is 2. The average Bonchev–Trinajstić information content (AvgIpc) is 2.53. The van der Waals surface area contributed by atoms with Gasteiger partial charge in [-0.1, -0.05) is 35.7 Å². The van der Waals surface area contributed by atoms with Crippen LogP contribution in [0.2, 0.25) is 10.0 Å². The molecule has 1 saturated heterocycles. The molecule has 5 heteroatoms. The Morgan fingerprint density at radius 1 is 1.17 bits per heavy atom. The molecule has 0 unspecified atom stereocenters. The second-order valence-electron chi connectivity index (χ2n) is 6.95. The Labute approximate surface area is 149 Å². The van der Waals surface area contributed by atoms with Crippen molar-refractivity contribution >= 4 is 23.2 Å². The number of ether oxygens (including phenoxy) is 1. The third-order valence-corrected chi connectivity index (χ3v) is 6.06. The Morgan fingerprint density at radius 2 is 1.91 bits per heavy atom. The third-order valence-electron chi connectivity index (χ3n) is 5.32. The first kappa shape index (κ1) is 17.5. The van der Waals surface area contributed by atoms with E-state index in [1.165, 1.54) is 24.8 Å². The van der Waals surface area contributed by atoms with Gasteiger partial charge in [-0.3, -0.25) is 4.90 Å². The van der Waals surface area contributed by atoms with Crippen LogP contribution in [-0.4, -0.2) is 62.8 Å². The van der Waals surface area contributed by atoms with Gasteiger partial charge in [-0.05, 0) is 37.6 Å². The van der Waals surface area contributed by atoms with E-state index in [9.17, 15) is 0 Å². The third kappa shape index (κ3) is 4.21. The van der Waals surface area contributed by atoms with Crippen molar-refractivity contribution < 1.29 is 4.74 Å². The van der Waals surface area contributed by atoms with Gasteiger partial charge in [0.2, 0.25) is 0 Å². The first-order chi connectivity index (χ1) is 11.1. The van der Waals surface area contributed by atoms with Crippen LogP contribution in [-0.2, 0) is 10.2 Å². The van der Waals surface area contributed by atoms with Crippen LogP contribution in [0.4, 0.5) is 0 Å². The second-order valence-corrected chi connectivity index (χ2v) is 7.77. The van der Waals surface area contributed by atoms with Crippen LogP contribution < -0.4 is 0 Å². The van der Waals surface area contributed by atoms with E-state index in [0.717, 1.165) is 45.9 Å². The van der Waals surface area contributed by atoms with Gasteiger partial charge in [0.1, 0.15) is 0 Å². The largest absolute Gasteiger partial charge is 0.379 e. The Kier molecular flexibility index (Phi) is 5.87. The standard InChI is InChI=1S/C18H26Cl2N2O/c1-21(7-8-22-9-11-23-12-10-22)14-18(5-2-6-18)15-3-4-16(19)17(20)13-15/h3-4,13H,2,5-12,14H2,1H3. The van der Waals surface area contributed by atoms with Crippen LogP contribution >= 0.6 is 23.2 Å². The normalized spacial score (nSPS) is 21.4. The lowest BCUT2D eigenvalue weighted by Crippen LogP contribution is -2.47. The fourth-order valence-corrected chi connectivity index (χ4v) is 4.00. The van der Waals surface area contributed by atoms with E-state index in [2.05, 4.69) is 29.0 Å². The van der Waals surface area contributed by atoms with E-state index in [4.69, 9.17) is 27.9 Å².